The molecule has 0 aromatic carbocycles. The van der Waals surface area contributed by atoms with E-state index in [9.17, 15) is 9.90 Å². The van der Waals surface area contributed by atoms with Gasteiger partial charge in [-0.1, -0.05) is 37.8 Å². The summed E-state index contributed by atoms with van der Waals surface area (Å²) in [4.78, 5) is 11.0. The number of aliphatic hydroxyl groups is 1. The highest BCUT2D eigenvalue weighted by atomic mass is 16.4. The Kier molecular flexibility index (Phi) is 4.52. The van der Waals surface area contributed by atoms with Crippen molar-refractivity contribution in [1.29, 1.82) is 0 Å². The molecule has 1 fully saturated rings. The first kappa shape index (κ1) is 14.0. The Morgan fingerprint density at radius 2 is 2.16 bits per heavy atom. The summed E-state index contributed by atoms with van der Waals surface area (Å²) in [5, 5.41) is 26.6. The van der Waals surface area contributed by atoms with Gasteiger partial charge in [-0.3, -0.25) is 0 Å². The van der Waals surface area contributed by atoms with E-state index >= 15 is 0 Å². The normalized spacial score (nSPS) is 17.8. The molecule has 1 aliphatic carbocycles. The molecule has 2 N–H and O–H groups in total. The molecule has 19 heavy (non-hydrogen) atoms. The van der Waals surface area contributed by atoms with Crippen molar-refractivity contribution < 1.29 is 15.0 Å². The van der Waals surface area contributed by atoms with Gasteiger partial charge in [0.2, 0.25) is 0 Å². The fraction of sp³-hybridized carbons (Fsp3) is 0.769. The van der Waals surface area contributed by atoms with Crippen molar-refractivity contribution in [3.8, 4) is 0 Å². The first-order chi connectivity index (χ1) is 9.11. The van der Waals surface area contributed by atoms with E-state index in [-0.39, 0.29) is 5.69 Å². The fourth-order valence-corrected chi connectivity index (χ4v) is 2.90. The van der Waals surface area contributed by atoms with Crippen LogP contribution >= 0.6 is 0 Å². The SMILES string of the molecule is CCc1c(C(=O)O)nnn1CC(O)CC1CCCC1. The van der Waals surface area contributed by atoms with Crippen molar-refractivity contribution in [3.63, 3.8) is 0 Å². The minimum atomic E-state index is -1.06. The molecule has 2 rings (SSSR count). The van der Waals surface area contributed by atoms with E-state index in [1.54, 1.807) is 0 Å². The summed E-state index contributed by atoms with van der Waals surface area (Å²) >= 11 is 0. The zero-order chi connectivity index (χ0) is 13.8. The summed E-state index contributed by atoms with van der Waals surface area (Å²) in [6.07, 6.45) is 5.73. The zero-order valence-electron chi connectivity index (χ0n) is 11.2. The van der Waals surface area contributed by atoms with Crippen LogP contribution in [0.2, 0.25) is 0 Å². The third kappa shape index (κ3) is 3.32. The van der Waals surface area contributed by atoms with Gasteiger partial charge in [0.1, 0.15) is 0 Å². The van der Waals surface area contributed by atoms with Gasteiger partial charge in [-0.25, -0.2) is 9.48 Å². The van der Waals surface area contributed by atoms with Gasteiger partial charge in [-0.05, 0) is 18.8 Å². The number of rotatable bonds is 6. The lowest BCUT2D eigenvalue weighted by Gasteiger charge is -2.16. The zero-order valence-corrected chi connectivity index (χ0v) is 11.2. The van der Waals surface area contributed by atoms with Crippen LogP contribution in [0.4, 0.5) is 0 Å². The predicted molar refractivity (Wildman–Crippen MR) is 68.9 cm³/mol. The van der Waals surface area contributed by atoms with E-state index < -0.39 is 12.1 Å². The summed E-state index contributed by atoms with van der Waals surface area (Å²) in [6.45, 7) is 2.20. The number of hydrogen-bond donors (Lipinski definition) is 2. The largest absolute Gasteiger partial charge is 0.476 e. The highest BCUT2D eigenvalue weighted by molar-refractivity contribution is 5.86. The Morgan fingerprint density at radius 1 is 1.47 bits per heavy atom. The topological polar surface area (TPSA) is 88.2 Å². The van der Waals surface area contributed by atoms with Crippen molar-refractivity contribution in [3.05, 3.63) is 11.4 Å². The van der Waals surface area contributed by atoms with E-state index in [1.807, 2.05) is 6.92 Å². The van der Waals surface area contributed by atoms with Gasteiger partial charge in [0.25, 0.3) is 0 Å². The van der Waals surface area contributed by atoms with Crippen molar-refractivity contribution in [2.75, 3.05) is 0 Å². The van der Waals surface area contributed by atoms with Gasteiger partial charge < -0.3 is 10.2 Å². The lowest BCUT2D eigenvalue weighted by molar-refractivity contribution is 0.0688. The summed E-state index contributed by atoms with van der Waals surface area (Å²) in [6, 6.07) is 0. The summed E-state index contributed by atoms with van der Waals surface area (Å²) in [7, 11) is 0. The Labute approximate surface area is 112 Å². The van der Waals surface area contributed by atoms with Gasteiger partial charge in [0.15, 0.2) is 5.69 Å². The van der Waals surface area contributed by atoms with E-state index in [0.29, 0.717) is 24.6 Å². The van der Waals surface area contributed by atoms with Crippen LogP contribution in [0.1, 0.15) is 55.2 Å². The highest BCUT2D eigenvalue weighted by Gasteiger charge is 2.22. The van der Waals surface area contributed by atoms with Crippen LogP contribution < -0.4 is 0 Å². The van der Waals surface area contributed by atoms with E-state index in [2.05, 4.69) is 10.3 Å². The summed E-state index contributed by atoms with van der Waals surface area (Å²) in [5.41, 5.74) is 0.577. The third-order valence-electron chi connectivity index (χ3n) is 3.84. The van der Waals surface area contributed by atoms with Crippen LogP contribution in [0, 0.1) is 5.92 Å². The van der Waals surface area contributed by atoms with Gasteiger partial charge in [0.05, 0.1) is 18.3 Å². The van der Waals surface area contributed by atoms with Crippen LogP contribution in [0.25, 0.3) is 0 Å². The molecule has 0 amide bonds. The number of aliphatic hydroxyl groups excluding tert-OH is 1. The number of nitrogens with zero attached hydrogens (tertiary/aromatic N) is 3. The third-order valence-corrected chi connectivity index (χ3v) is 3.84. The van der Waals surface area contributed by atoms with Crippen molar-refractivity contribution in [2.45, 2.75) is 58.1 Å². The minimum Gasteiger partial charge on any atom is -0.476 e. The van der Waals surface area contributed by atoms with Crippen LogP contribution in [-0.4, -0.2) is 37.3 Å². The number of hydrogen-bond acceptors (Lipinski definition) is 4. The molecule has 0 bridgehead atoms. The molecule has 1 heterocycles. The molecule has 6 nitrogen and oxygen atoms in total. The van der Waals surface area contributed by atoms with E-state index in [1.165, 1.54) is 30.4 Å². The fourth-order valence-electron chi connectivity index (χ4n) is 2.90. The maximum atomic E-state index is 11.0. The van der Waals surface area contributed by atoms with Crippen molar-refractivity contribution in [2.24, 2.45) is 5.92 Å². The number of carboxylic acid groups (broad SMARTS) is 1. The first-order valence-corrected chi connectivity index (χ1v) is 6.95. The molecule has 0 radical (unpaired) electrons. The molecule has 1 aromatic heterocycles. The van der Waals surface area contributed by atoms with E-state index in [0.717, 1.165) is 6.42 Å². The smallest absolute Gasteiger partial charge is 0.358 e. The maximum Gasteiger partial charge on any atom is 0.358 e. The molecule has 6 heteroatoms. The molecular formula is C13H21N3O3. The molecular weight excluding hydrogens is 246 g/mol. The molecule has 0 saturated heterocycles. The molecule has 1 aromatic rings. The second-order valence-corrected chi connectivity index (χ2v) is 5.27. The number of aromatic carboxylic acids is 1. The standard InChI is InChI=1S/C13H21N3O3/c1-2-11-12(13(18)19)14-15-16(11)8-10(17)7-9-5-3-4-6-9/h9-10,17H,2-8H2,1H3,(H,18,19). The first-order valence-electron chi connectivity index (χ1n) is 6.95. The average molecular weight is 267 g/mol. The van der Waals surface area contributed by atoms with Crippen molar-refractivity contribution in [1.82, 2.24) is 15.0 Å². The quantitative estimate of drug-likeness (QED) is 0.815. The summed E-state index contributed by atoms with van der Waals surface area (Å²) in [5.74, 6) is -0.462. The van der Waals surface area contributed by atoms with Crippen LogP contribution in [0.3, 0.4) is 0 Å². The Morgan fingerprint density at radius 3 is 2.74 bits per heavy atom. The lowest BCUT2D eigenvalue weighted by Crippen LogP contribution is -2.21. The van der Waals surface area contributed by atoms with Crippen LogP contribution in [0.5, 0.6) is 0 Å². The van der Waals surface area contributed by atoms with Gasteiger partial charge in [-0.2, -0.15) is 0 Å². The average Bonchev–Trinajstić information content (AvgIpc) is 2.97. The molecule has 1 atom stereocenters. The van der Waals surface area contributed by atoms with Crippen molar-refractivity contribution >= 4 is 5.97 Å². The predicted octanol–water partition coefficient (Wildman–Crippen LogP) is 1.48. The second kappa shape index (κ2) is 6.14. The molecule has 1 aliphatic rings. The maximum absolute atomic E-state index is 11.0. The number of carboxylic acids is 1. The lowest BCUT2D eigenvalue weighted by atomic mass is 10.00. The highest BCUT2D eigenvalue weighted by Crippen LogP contribution is 2.28. The van der Waals surface area contributed by atoms with E-state index in [4.69, 9.17) is 5.11 Å². The summed E-state index contributed by atoms with van der Waals surface area (Å²) < 4.78 is 1.53. The Hall–Kier alpha value is -1.43. The molecule has 0 aliphatic heterocycles. The van der Waals surface area contributed by atoms with Gasteiger partial charge in [0, 0.05) is 0 Å². The van der Waals surface area contributed by atoms with Gasteiger partial charge >= 0.3 is 5.97 Å². The van der Waals surface area contributed by atoms with Crippen LogP contribution in [-0.2, 0) is 13.0 Å². The van der Waals surface area contributed by atoms with Gasteiger partial charge in [-0.15, -0.1) is 5.10 Å². The number of carbonyl (C=O) groups is 1. The second-order valence-electron chi connectivity index (χ2n) is 5.27. The monoisotopic (exact) mass is 267 g/mol. The molecule has 1 unspecified atom stereocenters. The Bertz CT molecular complexity index is 438. The van der Waals surface area contributed by atoms with Crippen LogP contribution in [0.15, 0.2) is 0 Å². The molecule has 0 spiro atoms. The number of aromatic nitrogens is 3. The minimum absolute atomic E-state index is 0.00411. The molecule has 106 valence electrons. The molecule has 1 saturated carbocycles. The Balaban J connectivity index is 1.99.